The monoisotopic (exact) mass is 347 g/mol. The molecule has 9 heteroatoms. The molecule has 1 amide bonds. The zero-order chi connectivity index (χ0) is 16.7. The molecule has 3 aliphatic heterocycles. The molecule has 8 nitrogen and oxygen atoms in total. The number of rotatable bonds is 2. The predicted molar refractivity (Wildman–Crippen MR) is 86.7 cm³/mol. The Kier molecular flexibility index (Phi) is 3.57. The molecule has 1 fully saturated rings. The van der Waals surface area contributed by atoms with Crippen LogP contribution in [-0.2, 0) is 9.59 Å². The van der Waals surface area contributed by atoms with Crippen LogP contribution in [0.1, 0.15) is 5.56 Å². The van der Waals surface area contributed by atoms with Crippen molar-refractivity contribution in [3.8, 4) is 11.5 Å². The second-order valence-corrected chi connectivity index (χ2v) is 6.36. The van der Waals surface area contributed by atoms with Crippen molar-refractivity contribution in [3.63, 3.8) is 0 Å². The second-order valence-electron chi connectivity index (χ2n) is 5.36. The fourth-order valence-electron chi connectivity index (χ4n) is 2.61. The Balaban J connectivity index is 1.60. The Hall–Kier alpha value is -2.68. The van der Waals surface area contributed by atoms with Gasteiger partial charge in [-0.15, -0.1) is 11.8 Å². The first-order valence-electron chi connectivity index (χ1n) is 7.20. The third kappa shape index (κ3) is 2.56. The second kappa shape index (κ2) is 5.75. The lowest BCUT2D eigenvalue weighted by Gasteiger charge is -2.21. The minimum Gasteiger partial charge on any atom is -0.480 e. The average Bonchev–Trinajstić information content (AvgIpc) is 3.26. The summed E-state index contributed by atoms with van der Waals surface area (Å²) in [6.45, 7) is 0.182. The summed E-state index contributed by atoms with van der Waals surface area (Å²) in [4.78, 5) is 29.2. The van der Waals surface area contributed by atoms with Gasteiger partial charge in [0.1, 0.15) is 11.7 Å². The third-order valence-corrected chi connectivity index (χ3v) is 4.84. The smallest absolute Gasteiger partial charge is 0.327 e. The van der Waals surface area contributed by atoms with Crippen LogP contribution in [-0.4, -0.2) is 52.3 Å². The largest absolute Gasteiger partial charge is 0.480 e. The minimum absolute atomic E-state index is 0.182. The lowest BCUT2D eigenvalue weighted by Crippen LogP contribution is -2.47. The van der Waals surface area contributed by atoms with E-state index in [2.05, 4.69) is 10.3 Å². The third-order valence-electron chi connectivity index (χ3n) is 3.82. The first-order valence-corrected chi connectivity index (χ1v) is 8.36. The maximum Gasteiger partial charge on any atom is 0.327 e. The number of amides is 1. The number of nitrogens with zero attached hydrogens (tertiary/aromatic N) is 2. The summed E-state index contributed by atoms with van der Waals surface area (Å²) in [5.74, 6) is 1.22. The van der Waals surface area contributed by atoms with E-state index < -0.39 is 12.0 Å². The first-order chi connectivity index (χ1) is 11.6. The van der Waals surface area contributed by atoms with E-state index in [0.717, 1.165) is 5.56 Å². The van der Waals surface area contributed by atoms with Crippen LogP contribution in [0.2, 0.25) is 0 Å². The lowest BCUT2D eigenvalue weighted by atomic mass is 10.1. The molecule has 1 atom stereocenters. The van der Waals surface area contributed by atoms with Gasteiger partial charge in [-0.25, -0.2) is 9.79 Å². The van der Waals surface area contributed by atoms with Gasteiger partial charge in [-0.1, -0.05) is 6.07 Å². The number of carboxylic acid groups (broad SMARTS) is 1. The van der Waals surface area contributed by atoms with E-state index >= 15 is 0 Å². The van der Waals surface area contributed by atoms with Crippen LogP contribution >= 0.6 is 11.8 Å². The zero-order valence-electron chi connectivity index (χ0n) is 12.4. The molecule has 0 radical (unpaired) electrons. The summed E-state index contributed by atoms with van der Waals surface area (Å²) in [6.07, 6.45) is 1.63. The predicted octanol–water partition coefficient (Wildman–Crippen LogP) is 0.701. The number of thioether (sulfide) groups is 1. The Labute approximate surface area is 141 Å². The number of ether oxygens (including phenoxy) is 2. The van der Waals surface area contributed by atoms with Crippen molar-refractivity contribution in [2.24, 2.45) is 4.99 Å². The fraction of sp³-hybridized carbons (Fsp3) is 0.267. The van der Waals surface area contributed by atoms with Crippen LogP contribution in [0.3, 0.4) is 0 Å². The van der Waals surface area contributed by atoms with Crippen LogP contribution in [0, 0.1) is 0 Å². The molecule has 1 aromatic rings. The molecule has 0 bridgehead atoms. The van der Waals surface area contributed by atoms with Gasteiger partial charge in [-0.3, -0.25) is 10.1 Å². The Morgan fingerprint density at radius 2 is 2.25 bits per heavy atom. The molecule has 2 N–H and O–H groups in total. The van der Waals surface area contributed by atoms with Crippen LogP contribution in [0.15, 0.2) is 28.9 Å². The van der Waals surface area contributed by atoms with Crippen LogP contribution in [0.4, 0.5) is 0 Å². The summed E-state index contributed by atoms with van der Waals surface area (Å²) >= 11 is 1.49. The summed E-state index contributed by atoms with van der Waals surface area (Å²) < 4.78 is 10.6. The maximum absolute atomic E-state index is 12.1. The maximum atomic E-state index is 12.1. The molecule has 0 aliphatic carbocycles. The molecule has 3 aliphatic rings. The van der Waals surface area contributed by atoms with E-state index in [0.29, 0.717) is 23.1 Å². The summed E-state index contributed by atoms with van der Waals surface area (Å²) in [6, 6.07) is 4.65. The SMILES string of the molecule is O=C1NC(N2CSC[C@@H]2C(=O)O)=N/C1=C/c1ccc2c(c1)OCO2. The van der Waals surface area contributed by atoms with Gasteiger partial charge in [0, 0.05) is 5.75 Å². The highest BCUT2D eigenvalue weighted by molar-refractivity contribution is 7.99. The van der Waals surface area contributed by atoms with Gasteiger partial charge < -0.3 is 19.5 Å². The quantitative estimate of drug-likeness (QED) is 0.760. The fourth-order valence-corrected chi connectivity index (χ4v) is 3.76. The van der Waals surface area contributed by atoms with E-state index in [1.165, 1.54) is 11.8 Å². The molecule has 0 spiro atoms. The van der Waals surface area contributed by atoms with E-state index in [1.54, 1.807) is 29.2 Å². The molecule has 0 unspecified atom stereocenters. The Bertz CT molecular complexity index is 791. The van der Waals surface area contributed by atoms with Gasteiger partial charge in [0.15, 0.2) is 11.5 Å². The van der Waals surface area contributed by atoms with Gasteiger partial charge in [-0.05, 0) is 23.8 Å². The van der Waals surface area contributed by atoms with Crippen LogP contribution < -0.4 is 14.8 Å². The van der Waals surface area contributed by atoms with Gasteiger partial charge in [0.2, 0.25) is 12.8 Å². The standard InChI is InChI=1S/C15H13N3O5S/c19-13-9(3-8-1-2-11-12(4-8)23-7-22-11)16-15(17-13)18-6-24-5-10(18)14(20)21/h1-4,10H,5-7H2,(H,20,21)(H,16,17,19)/b9-3+/t10-/m1/s1. The number of hydrogen-bond donors (Lipinski definition) is 2. The molecule has 0 saturated carbocycles. The molecule has 1 aromatic carbocycles. The number of hydrogen-bond acceptors (Lipinski definition) is 7. The van der Waals surface area contributed by atoms with Crippen molar-refractivity contribution in [1.82, 2.24) is 10.2 Å². The molecule has 24 heavy (non-hydrogen) atoms. The van der Waals surface area contributed by atoms with Crippen molar-refractivity contribution < 1.29 is 24.2 Å². The summed E-state index contributed by atoms with van der Waals surface area (Å²) in [5, 5.41) is 11.9. The highest BCUT2D eigenvalue weighted by Crippen LogP contribution is 2.33. The summed E-state index contributed by atoms with van der Waals surface area (Å²) in [5.41, 5.74) is 0.977. The van der Waals surface area contributed by atoms with Crippen molar-refractivity contribution in [3.05, 3.63) is 29.5 Å². The van der Waals surface area contributed by atoms with Crippen molar-refractivity contribution in [2.45, 2.75) is 6.04 Å². The van der Waals surface area contributed by atoms with Crippen LogP contribution in [0.5, 0.6) is 11.5 Å². The minimum atomic E-state index is -0.926. The normalized spacial score (nSPS) is 23.6. The van der Waals surface area contributed by atoms with E-state index in [4.69, 9.17) is 9.47 Å². The highest BCUT2D eigenvalue weighted by Gasteiger charge is 2.36. The number of carbonyl (C=O) groups excluding carboxylic acids is 1. The number of guanidine groups is 1. The number of carboxylic acids is 1. The van der Waals surface area contributed by atoms with Gasteiger partial charge in [-0.2, -0.15) is 0 Å². The first kappa shape index (κ1) is 14.9. The molecule has 124 valence electrons. The van der Waals surface area contributed by atoms with E-state index in [1.807, 2.05) is 0 Å². The topological polar surface area (TPSA) is 100 Å². The highest BCUT2D eigenvalue weighted by atomic mass is 32.2. The number of fused-ring (bicyclic) bond motifs is 1. The number of carbonyl (C=O) groups is 2. The van der Waals surface area contributed by atoms with E-state index in [9.17, 15) is 14.7 Å². The Morgan fingerprint density at radius 1 is 1.42 bits per heavy atom. The molecule has 3 heterocycles. The molecule has 4 rings (SSSR count). The number of aliphatic carboxylic acids is 1. The van der Waals surface area contributed by atoms with Crippen molar-refractivity contribution >= 4 is 35.7 Å². The molecular formula is C15H13N3O5S. The van der Waals surface area contributed by atoms with E-state index in [-0.39, 0.29) is 24.4 Å². The van der Waals surface area contributed by atoms with Crippen LogP contribution in [0.25, 0.3) is 6.08 Å². The number of nitrogens with one attached hydrogen (secondary N) is 1. The zero-order valence-corrected chi connectivity index (χ0v) is 13.2. The average molecular weight is 347 g/mol. The van der Waals surface area contributed by atoms with Gasteiger partial charge in [0.25, 0.3) is 5.91 Å². The molecular weight excluding hydrogens is 334 g/mol. The number of benzene rings is 1. The van der Waals surface area contributed by atoms with Crippen molar-refractivity contribution in [1.29, 1.82) is 0 Å². The van der Waals surface area contributed by atoms with Crippen molar-refractivity contribution in [2.75, 3.05) is 18.4 Å². The molecule has 1 saturated heterocycles. The molecule has 0 aromatic heterocycles. The Morgan fingerprint density at radius 3 is 3.08 bits per heavy atom. The van der Waals surface area contributed by atoms with Gasteiger partial charge >= 0.3 is 5.97 Å². The lowest BCUT2D eigenvalue weighted by molar-refractivity contribution is -0.140. The summed E-state index contributed by atoms with van der Waals surface area (Å²) in [7, 11) is 0. The number of aliphatic imine (C=N–C) groups is 1. The van der Waals surface area contributed by atoms with Gasteiger partial charge in [0.05, 0.1) is 5.88 Å².